The van der Waals surface area contributed by atoms with Crippen molar-refractivity contribution in [1.82, 2.24) is 24.2 Å². The standard InChI is InChI=1S/C25H24F2N6O/c1-30(2)23-12-31(13-24(23)34)18-4-6-21-16(7-18)11-32-10-15(19-5-3-17(26)9-20(19)27)8-22(32)25-29-28-14-33(21)25/h3-10,14,23-24,34H,11-13H2,1-2H3/t23?,24-/m1/s1. The Labute approximate surface area is 195 Å². The van der Waals surface area contributed by atoms with Crippen LogP contribution < -0.4 is 4.90 Å². The molecule has 0 aliphatic carbocycles. The molecule has 2 aliphatic heterocycles. The highest BCUT2D eigenvalue weighted by atomic mass is 19.1. The fraction of sp³-hybridized carbons (Fsp3) is 0.280. The summed E-state index contributed by atoms with van der Waals surface area (Å²) in [5.41, 5.74) is 4.86. The van der Waals surface area contributed by atoms with E-state index < -0.39 is 17.7 Å². The summed E-state index contributed by atoms with van der Waals surface area (Å²) < 4.78 is 31.9. The molecule has 2 aromatic heterocycles. The topological polar surface area (TPSA) is 62.3 Å². The highest BCUT2D eigenvalue weighted by molar-refractivity contribution is 5.72. The molecule has 1 saturated heterocycles. The lowest BCUT2D eigenvalue weighted by atomic mass is 10.1. The maximum atomic E-state index is 14.5. The van der Waals surface area contributed by atoms with Crippen LogP contribution in [0.4, 0.5) is 14.5 Å². The third kappa shape index (κ3) is 3.31. The predicted octanol–water partition coefficient (Wildman–Crippen LogP) is 3.15. The second-order valence-electron chi connectivity index (χ2n) is 9.21. The van der Waals surface area contributed by atoms with Gasteiger partial charge in [-0.15, -0.1) is 10.2 Å². The molecule has 1 N–H and O–H groups in total. The van der Waals surface area contributed by atoms with E-state index in [1.54, 1.807) is 6.33 Å². The van der Waals surface area contributed by atoms with E-state index in [2.05, 4.69) is 38.2 Å². The number of halogens is 2. The molecule has 2 atom stereocenters. The first-order chi connectivity index (χ1) is 16.4. The minimum Gasteiger partial charge on any atom is -0.390 e. The van der Waals surface area contributed by atoms with Crippen molar-refractivity contribution in [2.45, 2.75) is 18.7 Å². The molecule has 1 unspecified atom stereocenters. The van der Waals surface area contributed by atoms with Gasteiger partial charge >= 0.3 is 0 Å². The Morgan fingerprint density at radius 2 is 1.91 bits per heavy atom. The van der Waals surface area contributed by atoms with Crippen LogP contribution in [0.1, 0.15) is 5.56 Å². The number of likely N-dealkylation sites (N-methyl/N-ethyl adjacent to an activating group) is 1. The highest BCUT2D eigenvalue weighted by Crippen LogP contribution is 2.36. The summed E-state index contributed by atoms with van der Waals surface area (Å²) in [6.07, 6.45) is 3.13. The van der Waals surface area contributed by atoms with Gasteiger partial charge in [0, 0.05) is 48.7 Å². The molecule has 2 aliphatic rings. The number of β-amino-alcohol motifs (C(OH)–C–C–N with tert-alkyl or cyclic N) is 1. The fourth-order valence-electron chi connectivity index (χ4n) is 5.09. The second-order valence-corrected chi connectivity index (χ2v) is 9.21. The average molecular weight is 463 g/mol. The zero-order valence-electron chi connectivity index (χ0n) is 18.9. The zero-order chi connectivity index (χ0) is 23.6. The Morgan fingerprint density at radius 1 is 1.06 bits per heavy atom. The number of hydrogen-bond acceptors (Lipinski definition) is 5. The summed E-state index contributed by atoms with van der Waals surface area (Å²) in [6.45, 7) is 1.87. The number of hydrogen-bond donors (Lipinski definition) is 1. The number of fused-ring (bicyclic) bond motifs is 5. The average Bonchev–Trinajstić information content (AvgIpc) is 3.51. The number of nitrogens with zero attached hydrogens (tertiary/aromatic N) is 6. The number of benzene rings is 2. The van der Waals surface area contributed by atoms with Gasteiger partial charge in [0.05, 0.1) is 23.5 Å². The molecule has 0 amide bonds. The molecule has 1 fully saturated rings. The summed E-state index contributed by atoms with van der Waals surface area (Å²) in [5.74, 6) is -0.552. The van der Waals surface area contributed by atoms with Gasteiger partial charge in [-0.2, -0.15) is 0 Å². The van der Waals surface area contributed by atoms with E-state index in [0.717, 1.165) is 35.2 Å². The predicted molar refractivity (Wildman–Crippen MR) is 125 cm³/mol. The Kier molecular flexibility index (Phi) is 4.79. The van der Waals surface area contributed by atoms with Crippen molar-refractivity contribution in [2.75, 3.05) is 32.1 Å². The molecule has 0 saturated carbocycles. The van der Waals surface area contributed by atoms with E-state index in [9.17, 15) is 13.9 Å². The highest BCUT2D eigenvalue weighted by Gasteiger charge is 2.33. The molecule has 6 rings (SSSR count). The van der Waals surface area contributed by atoms with Gasteiger partial charge in [0.25, 0.3) is 0 Å². The van der Waals surface area contributed by atoms with E-state index in [1.807, 2.05) is 35.5 Å². The number of aliphatic hydroxyl groups is 1. The molecule has 7 nitrogen and oxygen atoms in total. The van der Waals surface area contributed by atoms with E-state index in [4.69, 9.17) is 0 Å². The fourth-order valence-corrected chi connectivity index (χ4v) is 5.09. The van der Waals surface area contributed by atoms with Gasteiger partial charge in [0.1, 0.15) is 18.0 Å². The van der Waals surface area contributed by atoms with Gasteiger partial charge in [-0.05, 0) is 56.1 Å². The number of rotatable bonds is 3. The lowest BCUT2D eigenvalue weighted by molar-refractivity contribution is 0.114. The van der Waals surface area contributed by atoms with Crippen molar-refractivity contribution >= 4 is 5.69 Å². The number of aromatic nitrogens is 4. The smallest absolute Gasteiger partial charge is 0.185 e. The SMILES string of the molecule is CN(C)C1CN(c2ccc3c(c2)Cn2cc(-c4ccc(F)cc4F)cc2-c2nncn2-3)C[C@H]1O. The van der Waals surface area contributed by atoms with E-state index in [-0.39, 0.29) is 6.04 Å². The first-order valence-corrected chi connectivity index (χ1v) is 11.2. The summed E-state index contributed by atoms with van der Waals surface area (Å²) in [6, 6.07) is 11.8. The normalized spacial score (nSPS) is 19.2. The van der Waals surface area contributed by atoms with Crippen molar-refractivity contribution in [3.05, 3.63) is 72.2 Å². The van der Waals surface area contributed by atoms with Crippen LogP contribution in [0.2, 0.25) is 0 Å². The van der Waals surface area contributed by atoms with E-state index in [0.29, 0.717) is 30.0 Å². The lowest BCUT2D eigenvalue weighted by Gasteiger charge is -2.23. The van der Waals surface area contributed by atoms with Crippen molar-refractivity contribution in [3.63, 3.8) is 0 Å². The zero-order valence-corrected chi connectivity index (χ0v) is 18.9. The third-order valence-corrected chi connectivity index (χ3v) is 6.87. The molecule has 34 heavy (non-hydrogen) atoms. The monoisotopic (exact) mass is 462 g/mol. The molecule has 0 bridgehead atoms. The van der Waals surface area contributed by atoms with Crippen LogP contribution in [0.3, 0.4) is 0 Å². The minimum absolute atomic E-state index is 0.0764. The number of anilines is 1. The largest absolute Gasteiger partial charge is 0.390 e. The Morgan fingerprint density at radius 3 is 2.68 bits per heavy atom. The molecule has 174 valence electrons. The van der Waals surface area contributed by atoms with Crippen molar-refractivity contribution in [1.29, 1.82) is 0 Å². The Hall–Kier alpha value is -3.56. The second kappa shape index (κ2) is 7.75. The van der Waals surface area contributed by atoms with Gasteiger partial charge in [-0.25, -0.2) is 8.78 Å². The minimum atomic E-state index is -0.605. The van der Waals surface area contributed by atoms with Gasteiger partial charge in [-0.1, -0.05) is 0 Å². The molecule has 0 spiro atoms. The lowest BCUT2D eigenvalue weighted by Crippen LogP contribution is -2.38. The summed E-state index contributed by atoms with van der Waals surface area (Å²) in [4.78, 5) is 4.25. The van der Waals surface area contributed by atoms with Crippen LogP contribution in [0.5, 0.6) is 0 Å². The summed E-state index contributed by atoms with van der Waals surface area (Å²) in [7, 11) is 3.97. The van der Waals surface area contributed by atoms with E-state index >= 15 is 0 Å². The van der Waals surface area contributed by atoms with Gasteiger partial charge in [0.2, 0.25) is 0 Å². The maximum Gasteiger partial charge on any atom is 0.185 e. The van der Waals surface area contributed by atoms with Crippen molar-refractivity contribution < 1.29 is 13.9 Å². The molecule has 9 heteroatoms. The Bertz CT molecular complexity index is 1390. The van der Waals surface area contributed by atoms with Crippen LogP contribution in [-0.4, -0.2) is 68.7 Å². The van der Waals surface area contributed by atoms with Gasteiger partial charge < -0.3 is 19.5 Å². The molecule has 4 aromatic rings. The van der Waals surface area contributed by atoms with Gasteiger partial charge in [0.15, 0.2) is 5.82 Å². The van der Waals surface area contributed by atoms with Crippen LogP contribution in [-0.2, 0) is 6.54 Å². The molecular weight excluding hydrogens is 438 g/mol. The van der Waals surface area contributed by atoms with E-state index in [1.165, 1.54) is 12.1 Å². The molecule has 4 heterocycles. The molecule has 2 aromatic carbocycles. The van der Waals surface area contributed by atoms with Crippen molar-refractivity contribution in [2.24, 2.45) is 0 Å². The quantitative estimate of drug-likeness (QED) is 0.446. The van der Waals surface area contributed by atoms with Crippen LogP contribution in [0.25, 0.3) is 28.3 Å². The first-order valence-electron chi connectivity index (χ1n) is 11.2. The van der Waals surface area contributed by atoms with Gasteiger partial charge in [-0.3, -0.25) is 4.57 Å². The molecular formula is C25H24F2N6O. The van der Waals surface area contributed by atoms with Crippen LogP contribution in [0.15, 0.2) is 55.0 Å². The molecule has 0 radical (unpaired) electrons. The van der Waals surface area contributed by atoms with Crippen LogP contribution >= 0.6 is 0 Å². The summed E-state index contributed by atoms with van der Waals surface area (Å²) >= 11 is 0. The third-order valence-electron chi connectivity index (χ3n) is 6.87. The summed E-state index contributed by atoms with van der Waals surface area (Å²) in [5, 5.41) is 18.9. The van der Waals surface area contributed by atoms with Crippen LogP contribution in [0, 0.1) is 11.6 Å². The Balaban J connectivity index is 1.42. The van der Waals surface area contributed by atoms with Crippen molar-refractivity contribution in [3.8, 4) is 28.3 Å². The number of aliphatic hydroxyl groups excluding tert-OH is 1. The first kappa shape index (κ1) is 21.0. The maximum absolute atomic E-state index is 14.5.